The van der Waals surface area contributed by atoms with Crippen LogP contribution in [0.4, 0.5) is 0 Å². The normalized spacial score (nSPS) is 14.8. The van der Waals surface area contributed by atoms with Crippen LogP contribution in [0.3, 0.4) is 0 Å². The highest BCUT2D eigenvalue weighted by Crippen LogP contribution is 2.29. The minimum atomic E-state index is -1.11. The summed E-state index contributed by atoms with van der Waals surface area (Å²) in [6.07, 6.45) is 4.84. The van der Waals surface area contributed by atoms with E-state index < -0.39 is 5.97 Å². The molecule has 1 heterocycles. The Morgan fingerprint density at radius 3 is 2.43 bits per heavy atom. The van der Waals surface area contributed by atoms with Gasteiger partial charge in [-0.1, -0.05) is 54.8 Å². The summed E-state index contributed by atoms with van der Waals surface area (Å²) >= 11 is 0. The molecule has 1 aliphatic rings. The molecule has 146 valence electrons. The largest absolute Gasteiger partial charge is 0.543 e. The summed E-state index contributed by atoms with van der Waals surface area (Å²) in [5, 5.41) is 16.8. The molecular formula is C24H27N2O2-. The molecule has 2 aromatic carbocycles. The van der Waals surface area contributed by atoms with E-state index in [2.05, 4.69) is 54.7 Å². The zero-order valence-electron chi connectivity index (χ0n) is 16.6. The number of carbonyl (C=O) groups excluding carboxylic acids is 1. The van der Waals surface area contributed by atoms with Crippen LogP contribution in [-0.2, 0) is 13.1 Å². The van der Waals surface area contributed by atoms with Gasteiger partial charge in [-0.2, -0.15) is 0 Å². The van der Waals surface area contributed by atoms with E-state index in [4.69, 9.17) is 0 Å². The zero-order chi connectivity index (χ0) is 19.7. The van der Waals surface area contributed by atoms with Gasteiger partial charge in [-0.25, -0.2) is 0 Å². The predicted molar refractivity (Wildman–Crippen MR) is 110 cm³/mol. The molecule has 1 aromatic heterocycles. The number of hydrogen-bond donors (Lipinski definition) is 1. The van der Waals surface area contributed by atoms with Gasteiger partial charge >= 0.3 is 0 Å². The number of nitrogens with zero attached hydrogens (tertiary/aromatic N) is 1. The number of fused-ring (bicyclic) bond motifs is 1. The quantitative estimate of drug-likeness (QED) is 0.715. The first-order valence-corrected chi connectivity index (χ1v) is 10.1. The molecule has 0 atom stereocenters. The van der Waals surface area contributed by atoms with E-state index in [1.807, 2.05) is 11.5 Å². The van der Waals surface area contributed by atoms with E-state index >= 15 is 0 Å². The molecular weight excluding hydrogens is 348 g/mol. The summed E-state index contributed by atoms with van der Waals surface area (Å²) < 4.78 is 1.91. The molecule has 4 nitrogen and oxygen atoms in total. The molecule has 4 heteroatoms. The fourth-order valence-electron chi connectivity index (χ4n) is 4.36. The fourth-order valence-corrected chi connectivity index (χ4v) is 4.36. The van der Waals surface area contributed by atoms with E-state index in [1.54, 1.807) is 0 Å². The molecule has 28 heavy (non-hydrogen) atoms. The van der Waals surface area contributed by atoms with Crippen molar-refractivity contribution in [3.8, 4) is 0 Å². The second-order valence-electron chi connectivity index (χ2n) is 8.07. The maximum absolute atomic E-state index is 12.2. The molecule has 0 aliphatic heterocycles. The first kappa shape index (κ1) is 18.8. The molecule has 4 rings (SSSR count). The van der Waals surface area contributed by atoms with Gasteiger partial charge in [0, 0.05) is 35.6 Å². The SMILES string of the molecule is Cc1ccc(Cn2c(C(=O)[O-])c(CNC3CCCC3)c3ccc(C)cc32)cc1. The fraction of sp³-hybridized carbons (Fsp3) is 0.375. The van der Waals surface area contributed by atoms with Gasteiger partial charge in [-0.05, 0) is 43.9 Å². The number of nitrogens with one attached hydrogen (secondary N) is 1. The van der Waals surface area contributed by atoms with Crippen molar-refractivity contribution >= 4 is 16.9 Å². The number of aryl methyl sites for hydroxylation is 2. The van der Waals surface area contributed by atoms with Gasteiger partial charge in [0.15, 0.2) is 0 Å². The summed E-state index contributed by atoms with van der Waals surface area (Å²) in [6.45, 7) is 5.18. The Morgan fingerprint density at radius 2 is 1.75 bits per heavy atom. The van der Waals surface area contributed by atoms with Crippen molar-refractivity contribution in [3.63, 3.8) is 0 Å². The van der Waals surface area contributed by atoms with Crippen LogP contribution < -0.4 is 10.4 Å². The summed E-state index contributed by atoms with van der Waals surface area (Å²) in [4.78, 5) is 12.2. The standard InChI is InChI=1S/C24H28N2O2/c1-16-7-10-18(11-8-16)15-26-22-13-17(2)9-12-20(22)21(23(26)24(27)28)14-25-19-5-3-4-6-19/h7-13,19,25H,3-6,14-15H2,1-2H3,(H,27,28)/p-1. The van der Waals surface area contributed by atoms with Crippen molar-refractivity contribution in [2.75, 3.05) is 0 Å². The predicted octanol–water partition coefficient (Wildman–Crippen LogP) is 3.70. The number of hydrogen-bond acceptors (Lipinski definition) is 3. The van der Waals surface area contributed by atoms with Gasteiger partial charge in [0.2, 0.25) is 0 Å². The lowest BCUT2D eigenvalue weighted by Crippen LogP contribution is -2.30. The first-order chi connectivity index (χ1) is 13.5. The Bertz CT molecular complexity index is 996. The Balaban J connectivity index is 1.79. The summed E-state index contributed by atoms with van der Waals surface area (Å²) in [5.74, 6) is -1.11. The van der Waals surface area contributed by atoms with Gasteiger partial charge in [0.1, 0.15) is 0 Å². The second kappa shape index (κ2) is 7.80. The topological polar surface area (TPSA) is 57.1 Å². The highest BCUT2D eigenvalue weighted by molar-refractivity contribution is 5.97. The first-order valence-electron chi connectivity index (χ1n) is 10.1. The second-order valence-corrected chi connectivity index (χ2v) is 8.07. The Kier molecular flexibility index (Phi) is 5.23. The highest BCUT2D eigenvalue weighted by atomic mass is 16.4. The number of aromatic carboxylic acids is 1. The van der Waals surface area contributed by atoms with Crippen LogP contribution in [0.5, 0.6) is 0 Å². The molecule has 0 amide bonds. The number of rotatable bonds is 6. The smallest absolute Gasteiger partial charge is 0.0884 e. The van der Waals surface area contributed by atoms with Gasteiger partial charge in [-0.15, -0.1) is 0 Å². The average Bonchev–Trinajstić information content (AvgIpc) is 3.28. The lowest BCUT2D eigenvalue weighted by Gasteiger charge is -2.15. The van der Waals surface area contributed by atoms with Gasteiger partial charge in [-0.3, -0.25) is 0 Å². The Hall–Kier alpha value is -2.59. The zero-order valence-corrected chi connectivity index (χ0v) is 16.6. The van der Waals surface area contributed by atoms with Crippen molar-refractivity contribution in [1.29, 1.82) is 0 Å². The van der Waals surface area contributed by atoms with Gasteiger partial charge < -0.3 is 19.8 Å². The van der Waals surface area contributed by atoms with E-state index in [0.717, 1.165) is 27.6 Å². The molecule has 0 saturated heterocycles. The Labute approximate surface area is 166 Å². The number of aromatic nitrogens is 1. The summed E-state index contributed by atoms with van der Waals surface area (Å²) in [6, 6.07) is 14.9. The van der Waals surface area contributed by atoms with Gasteiger partial charge in [0.05, 0.1) is 11.7 Å². The molecule has 1 fully saturated rings. The minimum Gasteiger partial charge on any atom is -0.543 e. The third-order valence-corrected chi connectivity index (χ3v) is 5.90. The average molecular weight is 375 g/mol. The summed E-state index contributed by atoms with van der Waals surface area (Å²) in [7, 11) is 0. The monoisotopic (exact) mass is 375 g/mol. The number of carboxylic acid groups (broad SMARTS) is 1. The van der Waals surface area contributed by atoms with E-state index in [0.29, 0.717) is 24.8 Å². The van der Waals surface area contributed by atoms with Crippen molar-refractivity contribution in [2.45, 2.75) is 58.7 Å². The molecule has 1 N–H and O–H groups in total. The van der Waals surface area contributed by atoms with Crippen molar-refractivity contribution in [3.05, 3.63) is 70.4 Å². The molecule has 0 radical (unpaired) electrons. The third kappa shape index (κ3) is 3.69. The molecule has 0 bridgehead atoms. The van der Waals surface area contributed by atoms with Crippen molar-refractivity contribution in [1.82, 2.24) is 9.88 Å². The van der Waals surface area contributed by atoms with Crippen LogP contribution in [0.1, 0.15) is 58.4 Å². The molecule has 3 aromatic rings. The van der Waals surface area contributed by atoms with Crippen LogP contribution >= 0.6 is 0 Å². The number of carboxylic acids is 1. The molecule has 1 aliphatic carbocycles. The van der Waals surface area contributed by atoms with E-state index in [9.17, 15) is 9.90 Å². The van der Waals surface area contributed by atoms with Crippen molar-refractivity contribution < 1.29 is 9.90 Å². The number of benzene rings is 2. The maximum atomic E-state index is 12.2. The third-order valence-electron chi connectivity index (χ3n) is 5.90. The minimum absolute atomic E-state index is 0.298. The van der Waals surface area contributed by atoms with E-state index in [-0.39, 0.29) is 0 Å². The lowest BCUT2D eigenvalue weighted by atomic mass is 10.1. The van der Waals surface area contributed by atoms with Crippen LogP contribution in [0.2, 0.25) is 0 Å². The van der Waals surface area contributed by atoms with Crippen LogP contribution in [0.15, 0.2) is 42.5 Å². The molecule has 1 saturated carbocycles. The van der Waals surface area contributed by atoms with E-state index in [1.165, 1.54) is 31.2 Å². The molecule has 0 spiro atoms. The van der Waals surface area contributed by atoms with Crippen LogP contribution in [0.25, 0.3) is 10.9 Å². The highest BCUT2D eigenvalue weighted by Gasteiger charge is 2.20. The number of carbonyl (C=O) groups is 1. The van der Waals surface area contributed by atoms with Gasteiger partial charge in [0.25, 0.3) is 0 Å². The lowest BCUT2D eigenvalue weighted by molar-refractivity contribution is -0.255. The van der Waals surface area contributed by atoms with Crippen LogP contribution in [0, 0.1) is 13.8 Å². The van der Waals surface area contributed by atoms with Crippen LogP contribution in [-0.4, -0.2) is 16.6 Å². The van der Waals surface area contributed by atoms with Crippen molar-refractivity contribution in [2.24, 2.45) is 0 Å². The Morgan fingerprint density at radius 1 is 1.07 bits per heavy atom. The molecule has 0 unspecified atom stereocenters. The maximum Gasteiger partial charge on any atom is 0.0884 e. The summed E-state index contributed by atoms with van der Waals surface area (Å²) in [5.41, 5.74) is 5.50.